The van der Waals surface area contributed by atoms with E-state index in [2.05, 4.69) is 0 Å². The number of nitrogens with one attached hydrogen (secondary N) is 1. The Morgan fingerprint density at radius 3 is 2.43 bits per heavy atom. The third kappa shape index (κ3) is 4.29. The zero-order valence-electron chi connectivity index (χ0n) is 13.0. The van der Waals surface area contributed by atoms with Crippen molar-refractivity contribution in [3.8, 4) is 0 Å². The van der Waals surface area contributed by atoms with Crippen molar-refractivity contribution in [1.82, 2.24) is 4.72 Å². The molecule has 6 nitrogen and oxygen atoms in total. The largest absolute Gasteiger partial charge is 0.458 e. The number of carbonyl (C=O) groups is 2. The maximum atomic E-state index is 12.3. The fourth-order valence-electron chi connectivity index (χ4n) is 2.07. The van der Waals surface area contributed by atoms with Crippen molar-refractivity contribution in [1.29, 1.82) is 0 Å². The van der Waals surface area contributed by atoms with Crippen molar-refractivity contribution < 1.29 is 22.4 Å². The average Bonchev–Trinajstić information content (AvgIpc) is 2.90. The molecule has 0 bridgehead atoms. The summed E-state index contributed by atoms with van der Waals surface area (Å²) in [6, 6.07) is 9.76. The molecule has 1 aromatic heterocycles. The molecule has 0 unspecified atom stereocenters. The zero-order chi connectivity index (χ0) is 17.2. The normalized spacial score (nSPS) is 12.7. The van der Waals surface area contributed by atoms with E-state index in [1.54, 1.807) is 50.2 Å². The van der Waals surface area contributed by atoms with Gasteiger partial charge >= 0.3 is 0 Å². The van der Waals surface area contributed by atoms with Crippen LogP contribution < -0.4 is 4.72 Å². The highest BCUT2D eigenvalue weighted by Gasteiger charge is 2.20. The first-order valence-corrected chi connectivity index (χ1v) is 8.79. The van der Waals surface area contributed by atoms with Gasteiger partial charge in [-0.1, -0.05) is 18.2 Å². The summed E-state index contributed by atoms with van der Waals surface area (Å²) < 4.78 is 29.5. The SMILES string of the molecule is Cc1ccc(C(=O)c2cccc([C@@H](C)C(=O)NS(C)(=O)=O)c2)o1. The van der Waals surface area contributed by atoms with Crippen molar-refractivity contribution in [3.63, 3.8) is 0 Å². The second kappa shape index (κ2) is 6.37. The van der Waals surface area contributed by atoms with E-state index in [4.69, 9.17) is 4.42 Å². The molecule has 0 spiro atoms. The highest BCUT2D eigenvalue weighted by atomic mass is 32.2. The number of ketones is 1. The Kier molecular flexibility index (Phi) is 4.70. The first kappa shape index (κ1) is 17.0. The van der Waals surface area contributed by atoms with Gasteiger partial charge in [0.05, 0.1) is 12.2 Å². The molecule has 1 aromatic carbocycles. The number of benzene rings is 1. The van der Waals surface area contributed by atoms with Crippen LogP contribution in [0.15, 0.2) is 40.8 Å². The molecule has 23 heavy (non-hydrogen) atoms. The molecule has 7 heteroatoms. The van der Waals surface area contributed by atoms with Gasteiger partial charge in [0.1, 0.15) is 5.76 Å². The van der Waals surface area contributed by atoms with Crippen molar-refractivity contribution >= 4 is 21.7 Å². The predicted molar refractivity (Wildman–Crippen MR) is 84.7 cm³/mol. The third-order valence-electron chi connectivity index (χ3n) is 3.29. The molecule has 1 heterocycles. The minimum atomic E-state index is -3.62. The van der Waals surface area contributed by atoms with Gasteiger partial charge in [-0.25, -0.2) is 8.42 Å². The van der Waals surface area contributed by atoms with Gasteiger partial charge in [-0.15, -0.1) is 0 Å². The molecule has 0 aliphatic rings. The van der Waals surface area contributed by atoms with Crippen LogP contribution in [-0.2, 0) is 14.8 Å². The average molecular weight is 335 g/mol. The quantitative estimate of drug-likeness (QED) is 0.844. The molecule has 0 saturated heterocycles. The second-order valence-electron chi connectivity index (χ2n) is 5.33. The third-order valence-corrected chi connectivity index (χ3v) is 3.86. The second-order valence-corrected chi connectivity index (χ2v) is 7.07. The van der Waals surface area contributed by atoms with Crippen LogP contribution in [0.5, 0.6) is 0 Å². The molecule has 122 valence electrons. The smallest absolute Gasteiger partial charge is 0.240 e. The van der Waals surface area contributed by atoms with E-state index in [0.717, 1.165) is 6.26 Å². The predicted octanol–water partition coefficient (Wildman–Crippen LogP) is 2.00. The number of carbonyl (C=O) groups excluding carboxylic acids is 2. The van der Waals surface area contributed by atoms with Gasteiger partial charge < -0.3 is 4.42 Å². The summed E-state index contributed by atoms with van der Waals surface area (Å²) in [6.45, 7) is 3.31. The Balaban J connectivity index is 2.26. The fraction of sp³-hybridized carbons (Fsp3) is 0.250. The number of amides is 1. The molecule has 0 fully saturated rings. The van der Waals surface area contributed by atoms with E-state index < -0.39 is 21.8 Å². The molecular weight excluding hydrogens is 318 g/mol. The molecule has 1 atom stereocenters. The molecule has 2 aromatic rings. The van der Waals surface area contributed by atoms with E-state index in [0.29, 0.717) is 16.9 Å². The molecule has 1 amide bonds. The van der Waals surface area contributed by atoms with Gasteiger partial charge in [-0.3, -0.25) is 14.3 Å². The molecule has 0 radical (unpaired) electrons. The molecule has 0 aliphatic carbocycles. The lowest BCUT2D eigenvalue weighted by atomic mass is 9.97. The summed E-state index contributed by atoms with van der Waals surface area (Å²) in [5.74, 6) is -0.810. The highest BCUT2D eigenvalue weighted by Crippen LogP contribution is 2.20. The molecule has 1 N–H and O–H groups in total. The van der Waals surface area contributed by atoms with Gasteiger partial charge in [0.2, 0.25) is 21.7 Å². The van der Waals surface area contributed by atoms with Crippen LogP contribution in [-0.4, -0.2) is 26.4 Å². The lowest BCUT2D eigenvalue weighted by molar-refractivity contribution is -0.120. The summed E-state index contributed by atoms with van der Waals surface area (Å²) in [6.07, 6.45) is 0.914. The van der Waals surface area contributed by atoms with Crippen LogP contribution in [0, 0.1) is 6.92 Å². The van der Waals surface area contributed by atoms with E-state index in [1.807, 2.05) is 4.72 Å². The minimum Gasteiger partial charge on any atom is -0.458 e. The van der Waals surface area contributed by atoms with Crippen molar-refractivity contribution in [2.75, 3.05) is 6.26 Å². The number of hydrogen-bond acceptors (Lipinski definition) is 5. The van der Waals surface area contributed by atoms with E-state index >= 15 is 0 Å². The molecular formula is C16H17NO5S. The Morgan fingerprint density at radius 1 is 1.17 bits per heavy atom. The minimum absolute atomic E-state index is 0.216. The number of sulfonamides is 1. The van der Waals surface area contributed by atoms with Gasteiger partial charge in [0.25, 0.3) is 0 Å². The van der Waals surface area contributed by atoms with Crippen molar-refractivity contribution in [2.45, 2.75) is 19.8 Å². The number of rotatable bonds is 5. The molecule has 0 saturated carbocycles. The van der Waals surface area contributed by atoms with Gasteiger partial charge in [0, 0.05) is 5.56 Å². The standard InChI is InChI=1S/C16H17NO5S/c1-10-7-8-14(22-10)15(18)13-6-4-5-12(9-13)11(2)16(19)17-23(3,20)21/h4-9,11H,1-3H3,(H,17,19)/t11-/m1/s1. The van der Waals surface area contributed by atoms with Gasteiger partial charge in [-0.05, 0) is 37.6 Å². The van der Waals surface area contributed by atoms with E-state index in [1.165, 1.54) is 0 Å². The maximum absolute atomic E-state index is 12.3. The maximum Gasteiger partial charge on any atom is 0.240 e. The zero-order valence-corrected chi connectivity index (χ0v) is 13.8. The van der Waals surface area contributed by atoms with Gasteiger partial charge in [-0.2, -0.15) is 0 Å². The number of furan rings is 1. The Hall–Kier alpha value is -2.41. The van der Waals surface area contributed by atoms with Crippen LogP contribution in [0.2, 0.25) is 0 Å². The molecule has 2 rings (SSSR count). The summed E-state index contributed by atoms with van der Waals surface area (Å²) in [5, 5.41) is 0. The van der Waals surface area contributed by atoms with Crippen LogP contribution in [0.25, 0.3) is 0 Å². The Bertz CT molecular complexity index is 851. The Labute approximate surface area is 134 Å². The van der Waals surface area contributed by atoms with E-state index in [9.17, 15) is 18.0 Å². The van der Waals surface area contributed by atoms with E-state index in [-0.39, 0.29) is 11.5 Å². The lowest BCUT2D eigenvalue weighted by Crippen LogP contribution is -2.32. The van der Waals surface area contributed by atoms with Crippen LogP contribution in [0.1, 0.15) is 40.3 Å². The summed E-state index contributed by atoms with van der Waals surface area (Å²) in [5.41, 5.74) is 0.913. The first-order chi connectivity index (χ1) is 10.7. The fourth-order valence-corrected chi connectivity index (χ4v) is 2.61. The topological polar surface area (TPSA) is 93.5 Å². The monoisotopic (exact) mass is 335 g/mol. The highest BCUT2D eigenvalue weighted by molar-refractivity contribution is 7.89. The summed E-state index contributed by atoms with van der Waals surface area (Å²) >= 11 is 0. The van der Waals surface area contributed by atoms with Crippen LogP contribution in [0.3, 0.4) is 0 Å². The lowest BCUT2D eigenvalue weighted by Gasteiger charge is -2.12. The van der Waals surface area contributed by atoms with Crippen molar-refractivity contribution in [3.05, 3.63) is 59.0 Å². The van der Waals surface area contributed by atoms with Gasteiger partial charge in [0.15, 0.2) is 5.76 Å². The van der Waals surface area contributed by atoms with Crippen molar-refractivity contribution in [2.24, 2.45) is 0 Å². The Morgan fingerprint density at radius 2 is 1.87 bits per heavy atom. The summed E-state index contributed by atoms with van der Waals surface area (Å²) in [7, 11) is -3.62. The first-order valence-electron chi connectivity index (χ1n) is 6.90. The molecule has 0 aliphatic heterocycles. The van der Waals surface area contributed by atoms with Crippen LogP contribution >= 0.6 is 0 Å². The number of hydrogen-bond donors (Lipinski definition) is 1. The number of aryl methyl sites for hydroxylation is 1. The van der Waals surface area contributed by atoms with Crippen LogP contribution in [0.4, 0.5) is 0 Å². The summed E-state index contributed by atoms with van der Waals surface area (Å²) in [4.78, 5) is 24.3.